The van der Waals surface area contributed by atoms with Gasteiger partial charge in [0.15, 0.2) is 0 Å². The smallest absolute Gasteiger partial charge is 0.0836 e. The van der Waals surface area contributed by atoms with Crippen LogP contribution in [0, 0.1) is 11.8 Å². The second kappa shape index (κ2) is 5.58. The zero-order valence-electron chi connectivity index (χ0n) is 12.7. The van der Waals surface area contributed by atoms with Gasteiger partial charge in [-0.1, -0.05) is 6.42 Å². The zero-order chi connectivity index (χ0) is 13.4. The molecule has 2 aliphatic carbocycles. The fraction of sp³-hybridized carbons (Fsp3) is 1.00. The third kappa shape index (κ3) is 3.05. The molecule has 4 rings (SSSR count). The quantitative estimate of drug-likeness (QED) is 0.772. The molecule has 1 spiro atoms. The van der Waals surface area contributed by atoms with Crippen LogP contribution in [0.25, 0.3) is 0 Å². The summed E-state index contributed by atoms with van der Waals surface area (Å²) in [5.41, 5.74) is 0.171. The Bertz CT molecular complexity index is 330. The van der Waals surface area contributed by atoms with Gasteiger partial charge in [-0.2, -0.15) is 0 Å². The Morgan fingerprint density at radius 2 is 1.85 bits per heavy atom. The average Bonchev–Trinajstić information content (AvgIpc) is 3.17. The standard InChI is InChI=1S/C17H29NO2/c1-2-14(3-1)11-18-8-6-17(7-9-18)10-16(13-20-17)19-12-15-4-5-15/h14-16H,1-13H2. The van der Waals surface area contributed by atoms with E-state index in [0.29, 0.717) is 6.10 Å². The van der Waals surface area contributed by atoms with Crippen molar-refractivity contribution >= 4 is 0 Å². The van der Waals surface area contributed by atoms with E-state index in [1.807, 2.05) is 0 Å². The number of hydrogen-bond acceptors (Lipinski definition) is 3. The molecular weight excluding hydrogens is 250 g/mol. The van der Waals surface area contributed by atoms with Crippen molar-refractivity contribution in [3.8, 4) is 0 Å². The number of nitrogens with zero attached hydrogens (tertiary/aromatic N) is 1. The number of likely N-dealkylation sites (tertiary alicyclic amines) is 1. The van der Waals surface area contributed by atoms with Crippen molar-refractivity contribution in [3.05, 3.63) is 0 Å². The Morgan fingerprint density at radius 3 is 2.50 bits per heavy atom. The predicted molar refractivity (Wildman–Crippen MR) is 78.8 cm³/mol. The minimum absolute atomic E-state index is 0.171. The third-order valence-electron chi connectivity index (χ3n) is 5.95. The lowest BCUT2D eigenvalue weighted by Gasteiger charge is -2.41. The first-order valence-electron chi connectivity index (χ1n) is 8.79. The Hall–Kier alpha value is -0.120. The van der Waals surface area contributed by atoms with E-state index in [1.165, 1.54) is 64.6 Å². The third-order valence-corrected chi connectivity index (χ3v) is 5.95. The van der Waals surface area contributed by atoms with E-state index < -0.39 is 0 Å². The summed E-state index contributed by atoms with van der Waals surface area (Å²) in [7, 11) is 0. The van der Waals surface area contributed by atoms with Crippen LogP contribution >= 0.6 is 0 Å². The van der Waals surface area contributed by atoms with Crippen LogP contribution in [-0.4, -0.2) is 49.5 Å². The summed E-state index contributed by atoms with van der Waals surface area (Å²) in [5.74, 6) is 1.87. The molecule has 2 heterocycles. The van der Waals surface area contributed by atoms with Crippen LogP contribution in [0.3, 0.4) is 0 Å². The summed E-state index contributed by atoms with van der Waals surface area (Å²) in [6.07, 6.45) is 11.1. The van der Waals surface area contributed by atoms with Crippen molar-refractivity contribution in [1.82, 2.24) is 4.90 Å². The summed E-state index contributed by atoms with van der Waals surface area (Å²) in [6, 6.07) is 0. The minimum Gasteiger partial charge on any atom is -0.375 e. The normalized spacial score (nSPS) is 34.5. The topological polar surface area (TPSA) is 21.7 Å². The molecule has 0 aromatic heterocycles. The van der Waals surface area contributed by atoms with Gasteiger partial charge in [-0.05, 0) is 50.4 Å². The Kier molecular flexibility index (Phi) is 3.78. The number of piperidine rings is 1. The van der Waals surface area contributed by atoms with E-state index in [0.717, 1.165) is 31.5 Å². The largest absolute Gasteiger partial charge is 0.375 e. The molecule has 0 aromatic carbocycles. The minimum atomic E-state index is 0.171. The fourth-order valence-corrected chi connectivity index (χ4v) is 4.00. The van der Waals surface area contributed by atoms with Crippen LogP contribution in [0.1, 0.15) is 51.4 Å². The maximum atomic E-state index is 6.19. The Balaban J connectivity index is 1.21. The van der Waals surface area contributed by atoms with Gasteiger partial charge in [0.25, 0.3) is 0 Å². The molecule has 1 unspecified atom stereocenters. The summed E-state index contributed by atoms with van der Waals surface area (Å²) in [4.78, 5) is 2.68. The van der Waals surface area contributed by atoms with Crippen molar-refractivity contribution in [3.63, 3.8) is 0 Å². The predicted octanol–water partition coefficient (Wildman–Crippen LogP) is 2.84. The molecule has 0 bridgehead atoms. The maximum Gasteiger partial charge on any atom is 0.0836 e. The first-order chi connectivity index (χ1) is 9.81. The molecule has 0 radical (unpaired) electrons. The molecule has 0 N–H and O–H groups in total. The van der Waals surface area contributed by atoms with Crippen LogP contribution < -0.4 is 0 Å². The lowest BCUT2D eigenvalue weighted by molar-refractivity contribution is -0.0489. The first kappa shape index (κ1) is 13.5. The molecule has 0 amide bonds. The molecule has 3 heteroatoms. The van der Waals surface area contributed by atoms with E-state index in [2.05, 4.69) is 4.90 Å². The van der Waals surface area contributed by atoms with E-state index in [1.54, 1.807) is 0 Å². The van der Waals surface area contributed by atoms with Gasteiger partial charge >= 0.3 is 0 Å². The van der Waals surface area contributed by atoms with Gasteiger partial charge in [0.05, 0.1) is 18.3 Å². The highest BCUT2D eigenvalue weighted by Gasteiger charge is 2.43. The van der Waals surface area contributed by atoms with Gasteiger partial charge in [0.2, 0.25) is 0 Å². The van der Waals surface area contributed by atoms with Crippen molar-refractivity contribution < 1.29 is 9.47 Å². The van der Waals surface area contributed by atoms with E-state index in [-0.39, 0.29) is 5.60 Å². The number of rotatable bonds is 5. The molecule has 0 aromatic rings. The molecule has 114 valence electrons. The number of hydrogen-bond donors (Lipinski definition) is 0. The molecule has 3 nitrogen and oxygen atoms in total. The fourth-order valence-electron chi connectivity index (χ4n) is 4.00. The summed E-state index contributed by atoms with van der Waals surface area (Å²) in [5, 5.41) is 0. The first-order valence-corrected chi connectivity index (χ1v) is 8.79. The van der Waals surface area contributed by atoms with Crippen molar-refractivity contribution in [2.45, 2.75) is 63.1 Å². The van der Waals surface area contributed by atoms with Crippen LogP contribution in [-0.2, 0) is 9.47 Å². The van der Waals surface area contributed by atoms with E-state index in [4.69, 9.17) is 9.47 Å². The summed E-state index contributed by atoms with van der Waals surface area (Å²) < 4.78 is 12.2. The maximum absolute atomic E-state index is 6.19. The summed E-state index contributed by atoms with van der Waals surface area (Å²) in [6.45, 7) is 5.66. The second-order valence-electron chi connectivity index (χ2n) is 7.69. The van der Waals surface area contributed by atoms with E-state index in [9.17, 15) is 0 Å². The van der Waals surface area contributed by atoms with Gasteiger partial charge in [0, 0.05) is 32.7 Å². The van der Waals surface area contributed by atoms with Crippen molar-refractivity contribution in [2.24, 2.45) is 11.8 Å². The van der Waals surface area contributed by atoms with Crippen LogP contribution in [0.4, 0.5) is 0 Å². The Labute approximate surface area is 123 Å². The average molecular weight is 279 g/mol. The molecule has 4 aliphatic rings. The molecule has 4 fully saturated rings. The molecule has 2 saturated carbocycles. The molecule has 2 saturated heterocycles. The monoisotopic (exact) mass is 279 g/mol. The highest BCUT2D eigenvalue weighted by molar-refractivity contribution is 4.95. The molecule has 1 atom stereocenters. The lowest BCUT2D eigenvalue weighted by Crippen LogP contribution is -2.46. The van der Waals surface area contributed by atoms with E-state index >= 15 is 0 Å². The number of ether oxygens (including phenoxy) is 2. The highest BCUT2D eigenvalue weighted by atomic mass is 16.6. The van der Waals surface area contributed by atoms with Gasteiger partial charge in [-0.25, -0.2) is 0 Å². The van der Waals surface area contributed by atoms with Gasteiger partial charge in [-0.3, -0.25) is 0 Å². The molecular formula is C17H29NO2. The Morgan fingerprint density at radius 1 is 1.05 bits per heavy atom. The van der Waals surface area contributed by atoms with Crippen LogP contribution in [0.2, 0.25) is 0 Å². The summed E-state index contributed by atoms with van der Waals surface area (Å²) >= 11 is 0. The zero-order valence-corrected chi connectivity index (χ0v) is 12.7. The van der Waals surface area contributed by atoms with Crippen LogP contribution in [0.15, 0.2) is 0 Å². The SMILES string of the molecule is C1CC(CN2CCC3(CC2)CC(OCC2CC2)CO3)C1. The van der Waals surface area contributed by atoms with Crippen LogP contribution in [0.5, 0.6) is 0 Å². The van der Waals surface area contributed by atoms with Crippen molar-refractivity contribution in [2.75, 3.05) is 32.8 Å². The van der Waals surface area contributed by atoms with Gasteiger partial charge in [-0.15, -0.1) is 0 Å². The molecule has 20 heavy (non-hydrogen) atoms. The lowest BCUT2D eigenvalue weighted by atomic mass is 9.83. The highest BCUT2D eigenvalue weighted by Crippen LogP contribution is 2.39. The second-order valence-corrected chi connectivity index (χ2v) is 7.69. The van der Waals surface area contributed by atoms with Crippen molar-refractivity contribution in [1.29, 1.82) is 0 Å². The molecule has 2 aliphatic heterocycles. The van der Waals surface area contributed by atoms with Gasteiger partial charge in [0.1, 0.15) is 0 Å². The van der Waals surface area contributed by atoms with Gasteiger partial charge < -0.3 is 14.4 Å².